The average molecular weight is 350 g/mol. The monoisotopic (exact) mass is 350 g/mol. The molecule has 1 amide bonds. The molecule has 0 bridgehead atoms. The fraction of sp³-hybridized carbons (Fsp3) is 0.471. The number of amides is 1. The molecule has 1 aliphatic heterocycles. The van der Waals surface area contributed by atoms with Gasteiger partial charge in [0.2, 0.25) is 5.91 Å². The first-order valence-corrected chi connectivity index (χ1v) is 10.0. The maximum atomic E-state index is 13.5. The van der Waals surface area contributed by atoms with Crippen LogP contribution in [-0.2, 0) is 27.5 Å². The van der Waals surface area contributed by atoms with Crippen molar-refractivity contribution >= 4 is 26.6 Å². The Morgan fingerprint density at radius 3 is 2.88 bits per heavy atom. The minimum Gasteiger partial charge on any atom is -0.358 e. The number of rotatable bonds is 2. The third-order valence-corrected chi connectivity index (χ3v) is 6.87. The Labute approximate surface area is 139 Å². The second-order valence-electron chi connectivity index (χ2n) is 6.82. The van der Waals surface area contributed by atoms with Crippen molar-refractivity contribution in [3.05, 3.63) is 35.3 Å². The standard InChI is InChI=1S/C17H19FN2O3S/c18-11-2-4-16-14(8-11)13-7-10(1-3-15(13)20-16)17(21)19-12-5-6-24(22,23)9-12/h2,4,8,10,12,20H,1,3,5-7,9H2,(H,19,21). The normalized spacial score (nSPS) is 25.5. The number of benzene rings is 1. The lowest BCUT2D eigenvalue weighted by molar-refractivity contribution is -0.125. The van der Waals surface area contributed by atoms with E-state index in [2.05, 4.69) is 10.3 Å². The Morgan fingerprint density at radius 2 is 2.12 bits per heavy atom. The van der Waals surface area contributed by atoms with Crippen LogP contribution in [0.1, 0.15) is 24.1 Å². The maximum Gasteiger partial charge on any atom is 0.223 e. The molecule has 0 saturated carbocycles. The number of aryl methyl sites for hydroxylation is 1. The van der Waals surface area contributed by atoms with E-state index in [1.54, 1.807) is 6.07 Å². The quantitative estimate of drug-likeness (QED) is 0.865. The predicted octanol–water partition coefficient (Wildman–Crippen LogP) is 1.72. The summed E-state index contributed by atoms with van der Waals surface area (Å²) < 4.78 is 36.6. The summed E-state index contributed by atoms with van der Waals surface area (Å²) >= 11 is 0. The van der Waals surface area contributed by atoms with Crippen molar-refractivity contribution < 1.29 is 17.6 Å². The molecular weight excluding hydrogens is 331 g/mol. The summed E-state index contributed by atoms with van der Waals surface area (Å²) in [6.07, 6.45) is 2.51. The first kappa shape index (κ1) is 15.6. The first-order valence-electron chi connectivity index (χ1n) is 8.21. The summed E-state index contributed by atoms with van der Waals surface area (Å²) in [5.74, 6) is -0.382. The van der Waals surface area contributed by atoms with E-state index in [0.717, 1.165) is 28.6 Å². The van der Waals surface area contributed by atoms with Crippen LogP contribution in [0.2, 0.25) is 0 Å². The molecule has 1 aliphatic carbocycles. The molecule has 1 fully saturated rings. The Balaban J connectivity index is 1.52. The van der Waals surface area contributed by atoms with Crippen LogP contribution in [-0.4, -0.2) is 36.9 Å². The van der Waals surface area contributed by atoms with Gasteiger partial charge in [0.25, 0.3) is 0 Å². The third kappa shape index (κ3) is 2.81. The SMILES string of the molecule is O=C(NC1CCS(=O)(=O)C1)C1CCc2[nH]c3ccc(F)cc3c2C1. The van der Waals surface area contributed by atoms with Crippen molar-refractivity contribution in [3.63, 3.8) is 0 Å². The number of carbonyl (C=O) groups is 1. The van der Waals surface area contributed by atoms with E-state index in [9.17, 15) is 17.6 Å². The van der Waals surface area contributed by atoms with E-state index in [1.165, 1.54) is 12.1 Å². The zero-order chi connectivity index (χ0) is 16.9. The van der Waals surface area contributed by atoms with Crippen LogP contribution in [0.5, 0.6) is 0 Å². The van der Waals surface area contributed by atoms with Crippen LogP contribution in [0, 0.1) is 11.7 Å². The van der Waals surface area contributed by atoms with E-state index in [0.29, 0.717) is 19.3 Å². The van der Waals surface area contributed by atoms with E-state index >= 15 is 0 Å². The Kier molecular flexibility index (Phi) is 3.63. The number of carbonyl (C=O) groups excluding carboxylic acids is 1. The molecule has 2 aromatic rings. The lowest BCUT2D eigenvalue weighted by atomic mass is 9.85. The Hall–Kier alpha value is -1.89. The third-order valence-electron chi connectivity index (χ3n) is 5.10. The van der Waals surface area contributed by atoms with Crippen molar-refractivity contribution in [1.82, 2.24) is 10.3 Å². The topological polar surface area (TPSA) is 79.0 Å². The van der Waals surface area contributed by atoms with Crippen molar-refractivity contribution in [2.24, 2.45) is 5.92 Å². The van der Waals surface area contributed by atoms with Crippen LogP contribution >= 0.6 is 0 Å². The zero-order valence-electron chi connectivity index (χ0n) is 13.1. The fourth-order valence-corrected chi connectivity index (χ4v) is 5.51. The van der Waals surface area contributed by atoms with Gasteiger partial charge in [-0.1, -0.05) is 0 Å². The number of nitrogens with one attached hydrogen (secondary N) is 2. The molecule has 2 N–H and O–H groups in total. The fourth-order valence-electron chi connectivity index (χ4n) is 3.84. The summed E-state index contributed by atoms with van der Waals surface area (Å²) in [4.78, 5) is 15.8. The second-order valence-corrected chi connectivity index (χ2v) is 9.05. The largest absolute Gasteiger partial charge is 0.358 e. The molecule has 7 heteroatoms. The number of halogens is 1. The van der Waals surface area contributed by atoms with E-state index in [-0.39, 0.29) is 35.2 Å². The van der Waals surface area contributed by atoms with Crippen molar-refractivity contribution in [2.45, 2.75) is 31.7 Å². The molecular formula is C17H19FN2O3S. The van der Waals surface area contributed by atoms with Crippen molar-refractivity contribution in [1.29, 1.82) is 0 Å². The molecule has 2 atom stereocenters. The highest BCUT2D eigenvalue weighted by atomic mass is 32.2. The molecule has 5 nitrogen and oxygen atoms in total. The van der Waals surface area contributed by atoms with Gasteiger partial charge < -0.3 is 10.3 Å². The van der Waals surface area contributed by atoms with Crippen molar-refractivity contribution in [2.75, 3.05) is 11.5 Å². The molecule has 0 radical (unpaired) electrons. The van der Waals surface area contributed by atoms with Gasteiger partial charge in [-0.15, -0.1) is 0 Å². The number of hydrogen-bond donors (Lipinski definition) is 2. The molecule has 4 rings (SSSR count). The van der Waals surface area contributed by atoms with Gasteiger partial charge >= 0.3 is 0 Å². The molecule has 1 saturated heterocycles. The summed E-state index contributed by atoms with van der Waals surface area (Å²) in [6, 6.07) is 4.38. The summed E-state index contributed by atoms with van der Waals surface area (Å²) in [5.41, 5.74) is 2.97. The number of H-pyrrole nitrogens is 1. The first-order chi connectivity index (χ1) is 11.4. The van der Waals surface area contributed by atoms with E-state index < -0.39 is 9.84 Å². The van der Waals surface area contributed by atoms with Crippen molar-refractivity contribution in [3.8, 4) is 0 Å². The zero-order valence-corrected chi connectivity index (χ0v) is 14.0. The highest BCUT2D eigenvalue weighted by molar-refractivity contribution is 7.91. The molecule has 1 aromatic heterocycles. The van der Waals surface area contributed by atoms with Gasteiger partial charge in [-0.2, -0.15) is 0 Å². The van der Waals surface area contributed by atoms with Crippen LogP contribution in [0.3, 0.4) is 0 Å². The maximum absolute atomic E-state index is 13.5. The number of fused-ring (bicyclic) bond motifs is 3. The van der Waals surface area contributed by atoms with Crippen LogP contribution in [0.4, 0.5) is 4.39 Å². The van der Waals surface area contributed by atoms with Crippen LogP contribution in [0.25, 0.3) is 10.9 Å². The molecule has 2 unspecified atom stereocenters. The van der Waals surface area contributed by atoms with Gasteiger partial charge in [0.05, 0.1) is 11.5 Å². The highest BCUT2D eigenvalue weighted by Crippen LogP contribution is 2.32. The predicted molar refractivity (Wildman–Crippen MR) is 89.0 cm³/mol. The molecule has 2 aliphatic rings. The molecule has 2 heterocycles. The van der Waals surface area contributed by atoms with Gasteiger partial charge in [-0.3, -0.25) is 4.79 Å². The van der Waals surface area contributed by atoms with Gasteiger partial charge in [-0.25, -0.2) is 12.8 Å². The summed E-state index contributed by atoms with van der Waals surface area (Å²) in [5, 5.41) is 3.72. The van der Waals surface area contributed by atoms with Crippen LogP contribution < -0.4 is 5.32 Å². The van der Waals surface area contributed by atoms with Gasteiger partial charge in [0.1, 0.15) is 5.82 Å². The lowest BCUT2D eigenvalue weighted by Gasteiger charge is -2.23. The van der Waals surface area contributed by atoms with E-state index in [1.807, 2.05) is 0 Å². The van der Waals surface area contributed by atoms with Gasteiger partial charge in [0.15, 0.2) is 9.84 Å². The average Bonchev–Trinajstić information content (AvgIpc) is 3.06. The van der Waals surface area contributed by atoms with Gasteiger partial charge in [0, 0.05) is 28.6 Å². The number of aromatic nitrogens is 1. The molecule has 0 spiro atoms. The van der Waals surface area contributed by atoms with Crippen LogP contribution in [0.15, 0.2) is 18.2 Å². The van der Waals surface area contributed by atoms with Gasteiger partial charge in [-0.05, 0) is 49.4 Å². The molecule has 128 valence electrons. The Morgan fingerprint density at radius 1 is 1.29 bits per heavy atom. The number of hydrogen-bond acceptors (Lipinski definition) is 3. The highest BCUT2D eigenvalue weighted by Gasteiger charge is 2.32. The smallest absolute Gasteiger partial charge is 0.223 e. The minimum atomic E-state index is -3.01. The second kappa shape index (κ2) is 5.58. The van der Waals surface area contributed by atoms with E-state index in [4.69, 9.17) is 0 Å². The molecule has 24 heavy (non-hydrogen) atoms. The minimum absolute atomic E-state index is 0.0367. The summed E-state index contributed by atoms with van der Waals surface area (Å²) in [6.45, 7) is 0. The molecule has 1 aromatic carbocycles. The number of aromatic amines is 1. The number of sulfone groups is 1. The summed E-state index contributed by atoms with van der Waals surface area (Å²) in [7, 11) is -3.01. The Bertz CT molecular complexity index is 919. The lowest BCUT2D eigenvalue weighted by Crippen LogP contribution is -2.41.